The van der Waals surface area contributed by atoms with Crippen LogP contribution in [-0.4, -0.2) is 47.2 Å². The van der Waals surface area contributed by atoms with E-state index in [0.717, 1.165) is 124 Å². The summed E-state index contributed by atoms with van der Waals surface area (Å²) in [6.45, 7) is 13.1. The maximum atomic E-state index is 12.6. The van der Waals surface area contributed by atoms with Gasteiger partial charge in [-0.05, 0) is 224 Å². The Balaban J connectivity index is 0.000000114. The second-order valence-electron chi connectivity index (χ2n) is 27.1. The number of ketones is 4. The Hall–Kier alpha value is -1.44. The molecule has 0 aromatic rings. The monoisotopic (exact) mass is 978 g/mol. The fourth-order valence-electron chi connectivity index (χ4n) is 20.5. The molecule has 69 heavy (non-hydrogen) atoms. The number of carbonyl (C=O) groups excluding carboxylic acids is 4. The molecular formula is C62H91NO4S2. The molecule has 0 radical (unpaired) electrons. The van der Waals surface area contributed by atoms with E-state index in [2.05, 4.69) is 46.0 Å². The third kappa shape index (κ3) is 8.42. The van der Waals surface area contributed by atoms with E-state index >= 15 is 0 Å². The first-order chi connectivity index (χ1) is 33.2. The zero-order valence-electron chi connectivity index (χ0n) is 43.9. The van der Waals surface area contributed by atoms with Crippen molar-refractivity contribution in [2.24, 2.45) is 85.8 Å². The Morgan fingerprint density at radius 2 is 1.04 bits per heavy atom. The number of hydrogen-bond donors (Lipinski definition) is 1. The van der Waals surface area contributed by atoms with Crippen molar-refractivity contribution in [1.29, 1.82) is 0 Å². The Morgan fingerprint density at radius 1 is 0.493 bits per heavy atom. The van der Waals surface area contributed by atoms with Crippen molar-refractivity contribution >= 4 is 44.7 Å². The number of nitrogens with one attached hydrogen (secondary N) is 1. The van der Waals surface area contributed by atoms with Crippen LogP contribution in [0.2, 0.25) is 0 Å². The Labute approximate surface area is 426 Å². The number of carbonyl (C=O) groups is 4. The molecule has 7 heteroatoms. The molecule has 0 bridgehead atoms. The second kappa shape index (κ2) is 19.0. The SMILES string of the molecule is CCSSC[C@]12CCC(=O)C=C1CC[C@@H]1[C@@H]2CC[C@]2(C)C(=O)CC[C@@H]12.C[C@@]12CCC[C@H]1[C@@H]1CCC3=CCCC[C@]3(C)[C@H]1CC2.C[C@]12CC[C@H]3[C@@H](CCC4=CC(=O)CC[C@@]43CNC3CC3)[C@@H]1CCC2=O. The summed E-state index contributed by atoms with van der Waals surface area (Å²) in [4.78, 5) is 49.3. The highest BCUT2D eigenvalue weighted by molar-refractivity contribution is 8.76. The number of rotatable bonds is 7. The summed E-state index contributed by atoms with van der Waals surface area (Å²) in [5, 5.41) is 3.82. The summed E-state index contributed by atoms with van der Waals surface area (Å²) in [6, 6.07) is 0.718. The molecule has 10 fully saturated rings. The van der Waals surface area contributed by atoms with Crippen LogP contribution in [0.1, 0.15) is 214 Å². The number of hydrogen-bond acceptors (Lipinski definition) is 7. The van der Waals surface area contributed by atoms with Crippen molar-refractivity contribution < 1.29 is 19.2 Å². The fourth-order valence-corrected chi connectivity index (χ4v) is 22.8. The van der Waals surface area contributed by atoms with Gasteiger partial charge in [-0.2, -0.15) is 0 Å². The van der Waals surface area contributed by atoms with E-state index in [1.807, 2.05) is 39.3 Å². The van der Waals surface area contributed by atoms with Gasteiger partial charge in [0.1, 0.15) is 11.6 Å². The zero-order chi connectivity index (χ0) is 48.0. The van der Waals surface area contributed by atoms with Crippen molar-refractivity contribution in [3.63, 3.8) is 0 Å². The largest absolute Gasteiger partial charge is 0.313 e. The van der Waals surface area contributed by atoms with Gasteiger partial charge in [0.25, 0.3) is 0 Å². The van der Waals surface area contributed by atoms with Crippen molar-refractivity contribution in [3.05, 3.63) is 34.9 Å². The molecule has 10 saturated carbocycles. The molecule has 0 aromatic heterocycles. The van der Waals surface area contributed by atoms with Gasteiger partial charge in [0.15, 0.2) is 11.6 Å². The average molecular weight is 979 g/mol. The summed E-state index contributed by atoms with van der Waals surface area (Å²) in [6.07, 6.45) is 40.7. The third-order valence-electron chi connectivity index (χ3n) is 24.4. The van der Waals surface area contributed by atoms with Crippen LogP contribution in [0.15, 0.2) is 34.9 Å². The molecule has 5 nitrogen and oxygen atoms in total. The van der Waals surface area contributed by atoms with Gasteiger partial charge < -0.3 is 5.32 Å². The molecule has 0 heterocycles. The van der Waals surface area contributed by atoms with Gasteiger partial charge in [0, 0.05) is 71.4 Å². The lowest BCUT2D eigenvalue weighted by Crippen LogP contribution is -2.55. The van der Waals surface area contributed by atoms with Crippen LogP contribution in [0.25, 0.3) is 0 Å². The van der Waals surface area contributed by atoms with E-state index in [4.69, 9.17) is 0 Å². The van der Waals surface area contributed by atoms with E-state index in [-0.39, 0.29) is 21.7 Å². The molecule has 380 valence electrons. The van der Waals surface area contributed by atoms with Crippen molar-refractivity contribution in [2.45, 2.75) is 220 Å². The molecule has 13 aliphatic rings. The fraction of sp³-hybridized carbons (Fsp3) is 0.839. The predicted molar refractivity (Wildman–Crippen MR) is 285 cm³/mol. The predicted octanol–water partition coefficient (Wildman–Crippen LogP) is 15.0. The van der Waals surface area contributed by atoms with E-state index in [1.165, 1.54) is 107 Å². The minimum Gasteiger partial charge on any atom is -0.313 e. The number of Topliss-reactive ketones (excluding diaryl/α,β-unsaturated/α-hetero) is 2. The highest BCUT2D eigenvalue weighted by Gasteiger charge is 2.62. The maximum absolute atomic E-state index is 12.6. The highest BCUT2D eigenvalue weighted by atomic mass is 33.1. The topological polar surface area (TPSA) is 80.3 Å². The molecular weight excluding hydrogens is 887 g/mol. The lowest BCUT2D eigenvalue weighted by Gasteiger charge is -2.58. The molecule has 13 rings (SSSR count). The smallest absolute Gasteiger partial charge is 0.155 e. The lowest BCUT2D eigenvalue weighted by molar-refractivity contribution is -0.133. The van der Waals surface area contributed by atoms with E-state index in [0.29, 0.717) is 64.1 Å². The lowest BCUT2D eigenvalue weighted by atomic mass is 9.47. The summed E-state index contributed by atoms with van der Waals surface area (Å²) >= 11 is 0. The second-order valence-corrected chi connectivity index (χ2v) is 29.9. The van der Waals surface area contributed by atoms with Gasteiger partial charge in [-0.15, -0.1) is 0 Å². The average Bonchev–Trinajstić information content (AvgIpc) is 3.90. The van der Waals surface area contributed by atoms with Gasteiger partial charge in [-0.1, -0.05) is 85.4 Å². The first-order valence-corrected chi connectivity index (χ1v) is 31.9. The molecule has 0 unspecified atom stereocenters. The third-order valence-corrected chi connectivity index (χ3v) is 27.0. The molecule has 0 aliphatic heterocycles. The van der Waals surface area contributed by atoms with Crippen LogP contribution in [-0.2, 0) is 19.2 Å². The summed E-state index contributed by atoms with van der Waals surface area (Å²) in [7, 11) is 3.98. The van der Waals surface area contributed by atoms with Crippen LogP contribution in [0.3, 0.4) is 0 Å². The zero-order valence-corrected chi connectivity index (χ0v) is 45.5. The minimum absolute atomic E-state index is 0.0423. The van der Waals surface area contributed by atoms with Gasteiger partial charge >= 0.3 is 0 Å². The van der Waals surface area contributed by atoms with Crippen LogP contribution < -0.4 is 5.32 Å². The summed E-state index contributed by atoms with van der Waals surface area (Å²) in [5.41, 5.74) is 6.45. The first kappa shape index (κ1) is 49.8. The van der Waals surface area contributed by atoms with Gasteiger partial charge in [0.05, 0.1) is 0 Å². The van der Waals surface area contributed by atoms with Crippen LogP contribution in [0.5, 0.6) is 0 Å². The van der Waals surface area contributed by atoms with Gasteiger partial charge in [-0.3, -0.25) is 19.2 Å². The van der Waals surface area contributed by atoms with Crippen molar-refractivity contribution in [3.8, 4) is 0 Å². The van der Waals surface area contributed by atoms with Gasteiger partial charge in [0.2, 0.25) is 0 Å². The standard InChI is InChI=1S/C22H31NO2.C21H30O2S2.C19H30/c1-21-10-9-19-17(18(21)6-7-20(21)25)5-2-14-12-16(24)8-11-22(14,19)13-23-15-3-4-15;1-3-24-25-13-21-11-8-15(22)12-14(21)4-5-16-17-6-7-19(23)20(17,2)10-9-18(16)21;1-18-11-5-7-16(18)15-9-8-14-6-3-4-12-19(14,2)17(15)10-13-18/h12,15,17-19,23H,2-11,13H2,1H3;12,16-18H,3-11,13H2,1-2H3;6,15-17H,3-5,7-13H2,1-2H3/t17-,18-,19-,21-,22+;16-,17-,18-,20-,21+;15-,16-,17-,18-,19-/m000/s1. The highest BCUT2D eigenvalue weighted by Crippen LogP contribution is 2.68. The molecule has 15 atom stereocenters. The van der Waals surface area contributed by atoms with E-state index in [9.17, 15) is 19.2 Å². The van der Waals surface area contributed by atoms with Gasteiger partial charge in [-0.25, -0.2) is 0 Å². The van der Waals surface area contributed by atoms with Crippen LogP contribution in [0, 0.1) is 85.8 Å². The number of allylic oxidation sites excluding steroid dienone is 3. The van der Waals surface area contributed by atoms with Crippen molar-refractivity contribution in [2.75, 3.05) is 18.1 Å². The normalized spacial score (nSPS) is 47.0. The molecule has 0 spiro atoms. The molecule has 0 aromatic carbocycles. The maximum Gasteiger partial charge on any atom is 0.155 e. The van der Waals surface area contributed by atoms with E-state index < -0.39 is 0 Å². The summed E-state index contributed by atoms with van der Waals surface area (Å²) in [5.74, 6) is 11.2. The number of fused-ring (bicyclic) bond motifs is 15. The molecule has 0 amide bonds. The molecule has 1 N–H and O–H groups in total. The molecule has 13 aliphatic carbocycles. The first-order valence-electron chi connectivity index (χ1n) is 29.4. The van der Waals surface area contributed by atoms with Crippen LogP contribution in [0.4, 0.5) is 0 Å². The Kier molecular flexibility index (Phi) is 13.7. The van der Waals surface area contributed by atoms with E-state index in [1.54, 1.807) is 6.42 Å². The van der Waals surface area contributed by atoms with Crippen molar-refractivity contribution in [1.82, 2.24) is 5.32 Å². The quantitative estimate of drug-likeness (QED) is 0.155. The Morgan fingerprint density at radius 3 is 1.67 bits per heavy atom. The summed E-state index contributed by atoms with van der Waals surface area (Å²) < 4.78 is 0. The Bertz CT molecular complexity index is 2140. The minimum atomic E-state index is -0.0437. The van der Waals surface area contributed by atoms with Crippen LogP contribution >= 0.6 is 21.6 Å². The molecule has 0 saturated heterocycles.